The van der Waals surface area contributed by atoms with Crippen LogP contribution in [-0.2, 0) is 19.2 Å². The molecule has 0 radical (unpaired) electrons. The topological polar surface area (TPSA) is 106 Å². The minimum Gasteiger partial charge on any atom is -0.470 e. The highest BCUT2D eigenvalue weighted by Gasteiger charge is 2.48. The third-order valence-corrected chi connectivity index (χ3v) is 8.77. The summed E-state index contributed by atoms with van der Waals surface area (Å²) in [6.45, 7) is 0.521. The van der Waals surface area contributed by atoms with Gasteiger partial charge in [-0.2, -0.15) is 0 Å². The molecule has 4 aromatic rings. The van der Waals surface area contributed by atoms with Gasteiger partial charge in [-0.05, 0) is 23.3 Å². The maximum absolute atomic E-state index is 15.0. The van der Waals surface area contributed by atoms with Gasteiger partial charge in [0, 0.05) is 35.9 Å². The molecule has 10 heteroatoms. The summed E-state index contributed by atoms with van der Waals surface area (Å²) in [5.74, 6) is -0.0190. The Labute approximate surface area is 213 Å². The normalized spacial score (nSPS) is 24.6. The number of pyridine rings is 1. The fourth-order valence-electron chi connectivity index (χ4n) is 4.81. The van der Waals surface area contributed by atoms with Crippen molar-refractivity contribution >= 4 is 20.8 Å². The smallest absolute Gasteiger partial charge is 0.193 e. The van der Waals surface area contributed by atoms with E-state index in [1.54, 1.807) is 19.4 Å². The Hall–Kier alpha value is -3.31. The van der Waals surface area contributed by atoms with Crippen molar-refractivity contribution in [1.82, 2.24) is 9.97 Å². The van der Waals surface area contributed by atoms with E-state index < -0.39 is 27.8 Å². The maximum atomic E-state index is 15.0. The van der Waals surface area contributed by atoms with Gasteiger partial charge in [0.15, 0.2) is 17.8 Å². The van der Waals surface area contributed by atoms with E-state index in [-0.39, 0.29) is 24.5 Å². The zero-order valence-corrected chi connectivity index (χ0v) is 21.1. The average Bonchev–Trinajstić information content (AvgIpc) is 3.60. The second-order valence-electron chi connectivity index (χ2n) is 9.29. The van der Waals surface area contributed by atoms with E-state index in [1.165, 1.54) is 6.07 Å². The SMILES string of the molecule is CN=S(C)(=O)c1ccc(-c2ccc(-c3nc4cc(O[C@@H]5CO[C@H]6[C@@H]5OC[C@H]6O)[nH]c4cc3F)cc2)cc1. The molecule has 4 heterocycles. The summed E-state index contributed by atoms with van der Waals surface area (Å²) in [5, 5.41) is 9.92. The molecule has 2 saturated heterocycles. The lowest BCUT2D eigenvalue weighted by atomic mass is 10.0. The Bertz CT molecular complexity index is 1580. The molecule has 37 heavy (non-hydrogen) atoms. The maximum Gasteiger partial charge on any atom is 0.193 e. The molecule has 6 rings (SSSR count). The van der Waals surface area contributed by atoms with Gasteiger partial charge in [0.1, 0.15) is 24.0 Å². The van der Waals surface area contributed by atoms with Crippen LogP contribution in [0, 0.1) is 5.82 Å². The van der Waals surface area contributed by atoms with Gasteiger partial charge in [-0.15, -0.1) is 0 Å². The monoisotopic (exact) mass is 523 g/mol. The molecule has 0 aliphatic carbocycles. The quantitative estimate of drug-likeness (QED) is 0.409. The summed E-state index contributed by atoms with van der Waals surface area (Å²) in [6.07, 6.45) is -0.151. The Balaban J connectivity index is 1.23. The fraction of sp³-hybridized carbons (Fsp3) is 0.296. The molecule has 0 saturated carbocycles. The predicted molar refractivity (Wildman–Crippen MR) is 138 cm³/mol. The van der Waals surface area contributed by atoms with Crippen LogP contribution in [0.25, 0.3) is 33.4 Å². The molecule has 0 spiro atoms. The number of ether oxygens (including phenoxy) is 3. The van der Waals surface area contributed by atoms with E-state index in [4.69, 9.17) is 14.2 Å². The average molecular weight is 524 g/mol. The molecule has 0 bridgehead atoms. The highest BCUT2D eigenvalue weighted by Crippen LogP contribution is 2.32. The minimum absolute atomic E-state index is 0.220. The fourth-order valence-corrected chi connectivity index (χ4v) is 5.66. The van der Waals surface area contributed by atoms with Crippen molar-refractivity contribution in [1.29, 1.82) is 0 Å². The van der Waals surface area contributed by atoms with Gasteiger partial charge in [0.05, 0.1) is 34.0 Å². The van der Waals surface area contributed by atoms with Crippen molar-refractivity contribution in [2.45, 2.75) is 29.3 Å². The Kier molecular flexibility index (Phi) is 5.99. The van der Waals surface area contributed by atoms with Crippen LogP contribution in [0.3, 0.4) is 0 Å². The zero-order valence-electron chi connectivity index (χ0n) is 20.3. The number of aromatic amines is 1. The minimum atomic E-state index is -2.38. The number of aliphatic hydroxyl groups excluding tert-OH is 1. The zero-order chi connectivity index (χ0) is 25.7. The van der Waals surface area contributed by atoms with Crippen LogP contribution in [0.4, 0.5) is 4.39 Å². The largest absolute Gasteiger partial charge is 0.470 e. The van der Waals surface area contributed by atoms with Gasteiger partial charge in [-0.3, -0.25) is 0 Å². The first-order chi connectivity index (χ1) is 17.8. The number of fused-ring (bicyclic) bond motifs is 2. The van der Waals surface area contributed by atoms with Gasteiger partial charge < -0.3 is 24.3 Å². The Morgan fingerprint density at radius 3 is 2.38 bits per heavy atom. The molecule has 2 N–H and O–H groups in total. The molecule has 5 atom stereocenters. The molecule has 8 nitrogen and oxygen atoms in total. The first kappa shape index (κ1) is 24.1. The van der Waals surface area contributed by atoms with E-state index in [0.29, 0.717) is 34.0 Å². The molecule has 2 aliphatic rings. The highest BCUT2D eigenvalue weighted by atomic mass is 32.2. The van der Waals surface area contributed by atoms with Gasteiger partial charge >= 0.3 is 0 Å². The summed E-state index contributed by atoms with van der Waals surface area (Å²) < 4.78 is 48.6. The van der Waals surface area contributed by atoms with Crippen LogP contribution in [0.15, 0.2) is 69.9 Å². The third-order valence-electron chi connectivity index (χ3n) is 6.92. The van der Waals surface area contributed by atoms with Crippen LogP contribution in [0.2, 0.25) is 0 Å². The van der Waals surface area contributed by atoms with E-state index in [1.807, 2.05) is 48.5 Å². The molecule has 2 aromatic carbocycles. The van der Waals surface area contributed by atoms with E-state index >= 15 is 4.39 Å². The first-order valence-electron chi connectivity index (χ1n) is 11.9. The number of rotatable bonds is 5. The van der Waals surface area contributed by atoms with Crippen LogP contribution in [0.1, 0.15) is 0 Å². The number of H-pyrrole nitrogens is 1. The molecule has 2 aromatic heterocycles. The summed E-state index contributed by atoms with van der Waals surface area (Å²) >= 11 is 0. The van der Waals surface area contributed by atoms with Crippen LogP contribution < -0.4 is 4.74 Å². The third kappa shape index (κ3) is 4.40. The number of aliphatic hydroxyl groups is 1. The number of aromatic nitrogens is 2. The van der Waals surface area contributed by atoms with Crippen molar-refractivity contribution in [3.05, 3.63) is 66.5 Å². The van der Waals surface area contributed by atoms with Crippen molar-refractivity contribution < 1.29 is 27.9 Å². The van der Waals surface area contributed by atoms with Gasteiger partial charge in [-0.1, -0.05) is 36.4 Å². The van der Waals surface area contributed by atoms with Crippen molar-refractivity contribution in [3.63, 3.8) is 0 Å². The molecule has 2 fully saturated rings. The summed E-state index contributed by atoms with van der Waals surface area (Å²) in [6, 6.07) is 18.0. The first-order valence-corrected chi connectivity index (χ1v) is 13.8. The van der Waals surface area contributed by atoms with Gasteiger partial charge in [0.25, 0.3) is 0 Å². The second-order valence-corrected chi connectivity index (χ2v) is 11.7. The number of nitrogens with one attached hydrogen (secondary N) is 1. The van der Waals surface area contributed by atoms with Crippen LogP contribution in [-0.4, -0.2) is 70.2 Å². The van der Waals surface area contributed by atoms with E-state index in [2.05, 4.69) is 14.3 Å². The van der Waals surface area contributed by atoms with Crippen molar-refractivity contribution in [2.75, 3.05) is 26.5 Å². The predicted octanol–water partition coefficient (Wildman–Crippen LogP) is 4.03. The number of benzene rings is 2. The van der Waals surface area contributed by atoms with Gasteiger partial charge in [-0.25, -0.2) is 17.9 Å². The van der Waals surface area contributed by atoms with Crippen LogP contribution >= 0.6 is 0 Å². The standard InChI is InChI=1S/C27H26FN3O5S/c1-29-37(2,33)18-9-7-16(8-10-18)15-3-5-17(6-4-15)25-19(28)11-20-21(31-25)12-24(30-20)36-23-14-35-26-22(32)13-34-27(23)26/h3-12,22-23,26-27,30,32H,13-14H2,1-2H3/t22-,23-,26-,27-,37?/m1/s1. The summed E-state index contributed by atoms with van der Waals surface area (Å²) in [5.41, 5.74) is 3.86. The number of hydrogen-bond acceptors (Lipinski definition) is 7. The summed E-state index contributed by atoms with van der Waals surface area (Å²) in [7, 11) is -0.830. The van der Waals surface area contributed by atoms with Crippen molar-refractivity contribution in [3.8, 4) is 28.3 Å². The number of halogens is 1. The second kappa shape index (κ2) is 9.21. The molecule has 192 valence electrons. The molecule has 1 unspecified atom stereocenters. The lowest BCUT2D eigenvalue weighted by Crippen LogP contribution is -2.34. The summed E-state index contributed by atoms with van der Waals surface area (Å²) in [4.78, 5) is 8.27. The lowest BCUT2D eigenvalue weighted by molar-refractivity contribution is 0.00794. The van der Waals surface area contributed by atoms with E-state index in [9.17, 15) is 9.32 Å². The molecular weight excluding hydrogens is 497 g/mol. The Morgan fingerprint density at radius 1 is 1.03 bits per heavy atom. The number of hydrogen-bond donors (Lipinski definition) is 2. The number of nitrogens with zero attached hydrogens (tertiary/aromatic N) is 2. The molecular formula is C27H26FN3O5S. The molecule has 0 amide bonds. The lowest BCUT2D eigenvalue weighted by Gasteiger charge is -2.16. The Morgan fingerprint density at radius 2 is 1.68 bits per heavy atom. The van der Waals surface area contributed by atoms with Gasteiger partial charge in [0.2, 0.25) is 0 Å². The molecule has 2 aliphatic heterocycles. The van der Waals surface area contributed by atoms with E-state index in [0.717, 1.165) is 11.1 Å². The van der Waals surface area contributed by atoms with Crippen LogP contribution in [0.5, 0.6) is 5.88 Å². The highest BCUT2D eigenvalue weighted by molar-refractivity contribution is 7.93. The van der Waals surface area contributed by atoms with Crippen molar-refractivity contribution in [2.24, 2.45) is 4.36 Å².